The number of furan rings is 1. The Morgan fingerprint density at radius 2 is 1.79 bits per heavy atom. The second kappa shape index (κ2) is 8.20. The zero-order valence-corrected chi connectivity index (χ0v) is 16.6. The van der Waals surface area contributed by atoms with Crippen LogP contribution in [0.15, 0.2) is 52.9 Å². The summed E-state index contributed by atoms with van der Waals surface area (Å²) in [6.07, 6.45) is 1.09. The monoisotopic (exact) mass is 423 g/mol. The number of carbonyl (C=O) groups is 1. The summed E-state index contributed by atoms with van der Waals surface area (Å²) in [6, 6.07) is 12.8. The molecule has 0 N–H and O–H groups in total. The van der Waals surface area contributed by atoms with Crippen LogP contribution in [0.5, 0.6) is 5.75 Å². The highest BCUT2D eigenvalue weighted by Gasteiger charge is 2.25. The van der Waals surface area contributed by atoms with Crippen LogP contribution in [0.2, 0.25) is 0 Å². The molecule has 29 heavy (non-hydrogen) atoms. The zero-order valence-electron chi connectivity index (χ0n) is 15.8. The molecular formula is C20H19F2NO5S. The number of sulfone groups is 1. The van der Waals surface area contributed by atoms with E-state index >= 15 is 0 Å². The average molecular weight is 423 g/mol. The van der Waals surface area contributed by atoms with Crippen LogP contribution in [0.1, 0.15) is 21.7 Å². The predicted molar refractivity (Wildman–Crippen MR) is 104 cm³/mol. The van der Waals surface area contributed by atoms with E-state index in [-0.39, 0.29) is 23.8 Å². The number of hydrogen-bond acceptors (Lipinski definition) is 5. The number of nitrogens with zero attached hydrogens (tertiary/aromatic N) is 1. The second-order valence-corrected chi connectivity index (χ2v) is 8.80. The summed E-state index contributed by atoms with van der Waals surface area (Å²) in [7, 11) is -1.85. The molecule has 0 fully saturated rings. The van der Waals surface area contributed by atoms with Gasteiger partial charge in [-0.25, -0.2) is 8.42 Å². The summed E-state index contributed by atoms with van der Waals surface area (Å²) in [6.45, 7) is -2.74. The first-order valence-electron chi connectivity index (χ1n) is 8.61. The van der Waals surface area contributed by atoms with Crippen LogP contribution in [0.4, 0.5) is 8.78 Å². The molecule has 0 unspecified atom stereocenters. The number of rotatable bonds is 7. The summed E-state index contributed by atoms with van der Waals surface area (Å²) in [5.74, 6) is -0.812. The fourth-order valence-electron chi connectivity index (χ4n) is 2.97. The molecule has 2 aromatic carbocycles. The minimum absolute atomic E-state index is 0.0189. The third-order valence-corrected chi connectivity index (χ3v) is 5.03. The minimum atomic E-state index is -3.40. The van der Waals surface area contributed by atoms with Gasteiger partial charge in [0.2, 0.25) is 0 Å². The number of fused-ring (bicyclic) bond motifs is 1. The van der Waals surface area contributed by atoms with Gasteiger partial charge in [0.25, 0.3) is 5.91 Å². The van der Waals surface area contributed by atoms with E-state index in [1.807, 2.05) is 0 Å². The first-order chi connectivity index (χ1) is 13.6. The highest BCUT2D eigenvalue weighted by atomic mass is 32.2. The molecule has 3 rings (SSSR count). The van der Waals surface area contributed by atoms with Crippen molar-refractivity contribution in [2.75, 3.05) is 13.3 Å². The van der Waals surface area contributed by atoms with E-state index in [9.17, 15) is 22.0 Å². The normalized spacial score (nSPS) is 11.8. The fraction of sp³-hybridized carbons (Fsp3) is 0.250. The molecule has 1 heterocycles. The van der Waals surface area contributed by atoms with Crippen molar-refractivity contribution in [1.29, 1.82) is 0 Å². The van der Waals surface area contributed by atoms with Gasteiger partial charge in [0, 0.05) is 30.8 Å². The highest BCUT2D eigenvalue weighted by Crippen LogP contribution is 2.28. The predicted octanol–water partition coefficient (Wildman–Crippen LogP) is 3.85. The van der Waals surface area contributed by atoms with Gasteiger partial charge in [0.15, 0.2) is 15.6 Å². The lowest BCUT2D eigenvalue weighted by Gasteiger charge is -2.17. The van der Waals surface area contributed by atoms with Crippen molar-refractivity contribution in [3.63, 3.8) is 0 Å². The molecule has 0 bridgehead atoms. The quantitative estimate of drug-likeness (QED) is 0.577. The van der Waals surface area contributed by atoms with Crippen LogP contribution in [0.3, 0.4) is 0 Å². The van der Waals surface area contributed by atoms with Crippen molar-refractivity contribution >= 4 is 26.7 Å². The maximum atomic E-state index is 13.0. The number of para-hydroxylation sites is 1. The molecular weight excluding hydrogens is 404 g/mol. The van der Waals surface area contributed by atoms with Gasteiger partial charge in [-0.3, -0.25) is 4.79 Å². The SMILES string of the molecule is CN(Cc1ccc(OC(F)F)cc1)C(=O)c1oc2ccccc2c1CS(C)(=O)=O. The number of alkyl halides is 2. The van der Waals surface area contributed by atoms with Crippen molar-refractivity contribution < 1.29 is 31.1 Å². The smallest absolute Gasteiger partial charge is 0.387 e. The Balaban J connectivity index is 1.85. The number of hydrogen-bond donors (Lipinski definition) is 0. The molecule has 0 saturated heterocycles. The third-order valence-electron chi connectivity index (χ3n) is 4.21. The molecule has 0 saturated carbocycles. The van der Waals surface area contributed by atoms with Gasteiger partial charge in [-0.15, -0.1) is 0 Å². The van der Waals surface area contributed by atoms with Crippen LogP contribution in [0, 0.1) is 0 Å². The summed E-state index contributed by atoms with van der Waals surface area (Å²) < 4.78 is 58.2. The zero-order chi connectivity index (χ0) is 21.2. The van der Waals surface area contributed by atoms with Crippen LogP contribution in [0.25, 0.3) is 11.0 Å². The van der Waals surface area contributed by atoms with Gasteiger partial charge >= 0.3 is 6.61 Å². The maximum Gasteiger partial charge on any atom is 0.387 e. The Bertz CT molecular complexity index is 1120. The lowest BCUT2D eigenvalue weighted by Crippen LogP contribution is -2.27. The van der Waals surface area contributed by atoms with E-state index in [1.165, 1.54) is 17.0 Å². The van der Waals surface area contributed by atoms with Crippen LogP contribution < -0.4 is 4.74 Å². The van der Waals surface area contributed by atoms with Crippen LogP contribution in [-0.4, -0.2) is 39.1 Å². The number of carbonyl (C=O) groups excluding carboxylic acids is 1. The van der Waals surface area contributed by atoms with Crippen LogP contribution >= 0.6 is 0 Å². The van der Waals surface area contributed by atoms with E-state index in [0.717, 1.165) is 6.26 Å². The summed E-state index contributed by atoms with van der Waals surface area (Å²) in [5, 5.41) is 0.572. The van der Waals surface area contributed by atoms with Crippen molar-refractivity contribution in [2.24, 2.45) is 0 Å². The van der Waals surface area contributed by atoms with Gasteiger partial charge in [0.05, 0.1) is 5.75 Å². The van der Waals surface area contributed by atoms with E-state index in [4.69, 9.17) is 4.42 Å². The Kier molecular flexibility index (Phi) is 5.88. The Morgan fingerprint density at radius 3 is 2.41 bits per heavy atom. The van der Waals surface area contributed by atoms with Gasteiger partial charge in [-0.1, -0.05) is 30.3 Å². The molecule has 1 amide bonds. The van der Waals surface area contributed by atoms with Crippen molar-refractivity contribution in [1.82, 2.24) is 4.90 Å². The standard InChI is InChI=1S/C20H19F2NO5S/c1-23(11-13-7-9-14(10-8-13)27-20(21)22)19(24)18-16(12-29(2,25)26)15-5-3-4-6-17(15)28-18/h3-10,20H,11-12H2,1-2H3. The summed E-state index contributed by atoms with van der Waals surface area (Å²) in [4.78, 5) is 14.3. The number of amides is 1. The summed E-state index contributed by atoms with van der Waals surface area (Å²) in [5.41, 5.74) is 1.43. The molecule has 0 spiro atoms. The van der Waals surface area contributed by atoms with E-state index in [0.29, 0.717) is 22.1 Å². The first kappa shape index (κ1) is 20.8. The van der Waals surface area contributed by atoms with Crippen molar-refractivity contribution in [2.45, 2.75) is 18.9 Å². The molecule has 6 nitrogen and oxygen atoms in total. The Hall–Kier alpha value is -2.94. The van der Waals surface area contributed by atoms with E-state index < -0.39 is 22.4 Å². The number of halogens is 2. The molecule has 9 heteroatoms. The van der Waals surface area contributed by atoms with E-state index in [2.05, 4.69) is 4.74 Å². The molecule has 1 aromatic heterocycles. The van der Waals surface area contributed by atoms with Gasteiger partial charge < -0.3 is 14.1 Å². The highest BCUT2D eigenvalue weighted by molar-refractivity contribution is 7.89. The molecule has 3 aromatic rings. The Labute approximate surface area is 166 Å². The van der Waals surface area contributed by atoms with Crippen LogP contribution in [-0.2, 0) is 22.1 Å². The Morgan fingerprint density at radius 1 is 1.14 bits per heavy atom. The minimum Gasteiger partial charge on any atom is -0.451 e. The molecule has 0 radical (unpaired) electrons. The second-order valence-electron chi connectivity index (χ2n) is 6.66. The van der Waals surface area contributed by atoms with Gasteiger partial charge in [-0.05, 0) is 23.8 Å². The molecule has 0 aliphatic carbocycles. The first-order valence-corrected chi connectivity index (χ1v) is 10.7. The fourth-order valence-corrected chi connectivity index (χ4v) is 3.78. The van der Waals surface area contributed by atoms with Gasteiger partial charge in [0.1, 0.15) is 11.3 Å². The molecule has 0 aliphatic rings. The number of ether oxygens (including phenoxy) is 1. The summed E-state index contributed by atoms with van der Waals surface area (Å²) >= 11 is 0. The largest absolute Gasteiger partial charge is 0.451 e. The van der Waals surface area contributed by atoms with Gasteiger partial charge in [-0.2, -0.15) is 8.78 Å². The lowest BCUT2D eigenvalue weighted by atomic mass is 10.1. The van der Waals surface area contributed by atoms with Crippen molar-refractivity contribution in [3.8, 4) is 5.75 Å². The number of benzene rings is 2. The topological polar surface area (TPSA) is 76.8 Å². The molecule has 0 atom stereocenters. The molecule has 154 valence electrons. The maximum absolute atomic E-state index is 13.0. The average Bonchev–Trinajstić information content (AvgIpc) is 2.99. The lowest BCUT2D eigenvalue weighted by molar-refractivity contribution is -0.0498. The van der Waals surface area contributed by atoms with E-state index in [1.54, 1.807) is 43.4 Å². The third kappa shape index (κ3) is 5.11. The van der Waals surface area contributed by atoms with Crippen molar-refractivity contribution in [3.05, 3.63) is 65.4 Å². The molecule has 0 aliphatic heterocycles.